The van der Waals surface area contributed by atoms with Crippen LogP contribution in [-0.4, -0.2) is 42.3 Å². The van der Waals surface area contributed by atoms with Gasteiger partial charge in [-0.05, 0) is 31.2 Å². The third-order valence-corrected chi connectivity index (χ3v) is 3.00. The zero-order valence-corrected chi connectivity index (χ0v) is 9.45. The van der Waals surface area contributed by atoms with Gasteiger partial charge in [-0.1, -0.05) is 13.8 Å². The van der Waals surface area contributed by atoms with E-state index in [4.69, 9.17) is 10.8 Å². The summed E-state index contributed by atoms with van der Waals surface area (Å²) in [6, 6.07) is -0.0393. The molecule has 1 aliphatic rings. The second-order valence-electron chi connectivity index (χ2n) is 4.94. The number of rotatable bonds is 4. The monoisotopic (exact) mass is 200 g/mol. The molecular formula is C11H24N2O. The molecule has 1 rings (SSSR count). The maximum atomic E-state index is 8.82. The maximum Gasteiger partial charge on any atom is 0.0583 e. The number of hydrogen-bond acceptors (Lipinski definition) is 3. The van der Waals surface area contributed by atoms with Crippen molar-refractivity contribution in [2.75, 3.05) is 26.2 Å². The molecule has 0 bridgehead atoms. The fourth-order valence-corrected chi connectivity index (χ4v) is 2.41. The molecule has 3 atom stereocenters. The molecule has 0 spiro atoms. The molecule has 0 aromatic carbocycles. The van der Waals surface area contributed by atoms with Gasteiger partial charge in [0, 0.05) is 19.1 Å². The largest absolute Gasteiger partial charge is 0.395 e. The van der Waals surface area contributed by atoms with Crippen LogP contribution in [0.3, 0.4) is 0 Å². The lowest BCUT2D eigenvalue weighted by Crippen LogP contribution is -2.41. The SMILES string of the molecule is CC1CC(C)CN(CCC(N)CO)C1. The molecule has 3 nitrogen and oxygen atoms in total. The molecule has 3 N–H and O–H groups in total. The molecule has 0 amide bonds. The van der Waals surface area contributed by atoms with Gasteiger partial charge in [0.15, 0.2) is 0 Å². The molecule has 1 saturated heterocycles. The number of nitrogens with two attached hydrogens (primary N) is 1. The number of piperidine rings is 1. The van der Waals surface area contributed by atoms with Crippen molar-refractivity contribution >= 4 is 0 Å². The lowest BCUT2D eigenvalue weighted by molar-refractivity contribution is 0.132. The number of hydrogen-bond donors (Lipinski definition) is 2. The first kappa shape index (κ1) is 12.0. The fraction of sp³-hybridized carbons (Fsp3) is 1.00. The van der Waals surface area contributed by atoms with Gasteiger partial charge in [0.25, 0.3) is 0 Å². The topological polar surface area (TPSA) is 49.5 Å². The molecule has 3 unspecified atom stereocenters. The normalized spacial score (nSPS) is 31.7. The van der Waals surface area contributed by atoms with Crippen LogP contribution in [0.25, 0.3) is 0 Å². The van der Waals surface area contributed by atoms with E-state index in [0.29, 0.717) is 0 Å². The first-order chi connectivity index (χ1) is 6.61. The smallest absolute Gasteiger partial charge is 0.0583 e. The first-order valence-electron chi connectivity index (χ1n) is 5.70. The van der Waals surface area contributed by atoms with E-state index in [9.17, 15) is 0 Å². The third-order valence-electron chi connectivity index (χ3n) is 3.00. The fourth-order valence-electron chi connectivity index (χ4n) is 2.41. The summed E-state index contributed by atoms with van der Waals surface area (Å²) in [5, 5.41) is 8.82. The Balaban J connectivity index is 2.23. The average Bonchev–Trinajstić information content (AvgIpc) is 2.12. The molecule has 3 heteroatoms. The van der Waals surface area contributed by atoms with Crippen LogP contribution in [0.1, 0.15) is 26.7 Å². The Morgan fingerprint density at radius 1 is 1.36 bits per heavy atom. The highest BCUT2D eigenvalue weighted by atomic mass is 16.3. The van der Waals surface area contributed by atoms with Gasteiger partial charge in [0.2, 0.25) is 0 Å². The average molecular weight is 200 g/mol. The van der Waals surface area contributed by atoms with Gasteiger partial charge in [-0.25, -0.2) is 0 Å². The van der Waals surface area contributed by atoms with Crippen LogP contribution in [0.4, 0.5) is 0 Å². The standard InChI is InChI=1S/C11H24N2O/c1-9-5-10(2)7-13(6-9)4-3-11(12)8-14/h9-11,14H,3-8,12H2,1-2H3. The molecule has 14 heavy (non-hydrogen) atoms. The van der Waals surface area contributed by atoms with Crippen molar-refractivity contribution in [2.45, 2.75) is 32.7 Å². The van der Waals surface area contributed by atoms with Crippen LogP contribution in [0.2, 0.25) is 0 Å². The number of aliphatic hydroxyl groups excluding tert-OH is 1. The number of likely N-dealkylation sites (tertiary alicyclic amines) is 1. The van der Waals surface area contributed by atoms with Crippen molar-refractivity contribution in [1.82, 2.24) is 4.90 Å². The zero-order valence-electron chi connectivity index (χ0n) is 9.45. The maximum absolute atomic E-state index is 8.82. The molecule has 0 saturated carbocycles. The van der Waals surface area contributed by atoms with Crippen molar-refractivity contribution in [3.05, 3.63) is 0 Å². The highest BCUT2D eigenvalue weighted by molar-refractivity contribution is 4.75. The molecule has 84 valence electrons. The summed E-state index contributed by atoms with van der Waals surface area (Å²) in [7, 11) is 0. The summed E-state index contributed by atoms with van der Waals surface area (Å²) in [6.07, 6.45) is 2.26. The molecule has 0 aromatic rings. The van der Waals surface area contributed by atoms with Crippen LogP contribution < -0.4 is 5.73 Å². The summed E-state index contributed by atoms with van der Waals surface area (Å²) < 4.78 is 0. The van der Waals surface area contributed by atoms with Crippen molar-refractivity contribution in [3.8, 4) is 0 Å². The summed E-state index contributed by atoms with van der Waals surface area (Å²) in [6.45, 7) is 8.17. The molecule has 1 heterocycles. The second-order valence-corrected chi connectivity index (χ2v) is 4.94. The Morgan fingerprint density at radius 3 is 2.43 bits per heavy atom. The number of aliphatic hydroxyl groups is 1. The van der Waals surface area contributed by atoms with E-state index in [0.717, 1.165) is 24.8 Å². The molecule has 0 aliphatic carbocycles. The van der Waals surface area contributed by atoms with Crippen molar-refractivity contribution < 1.29 is 5.11 Å². The Hall–Kier alpha value is -0.120. The van der Waals surface area contributed by atoms with E-state index in [1.165, 1.54) is 19.5 Å². The van der Waals surface area contributed by atoms with Crippen molar-refractivity contribution in [3.63, 3.8) is 0 Å². The Kier molecular flexibility index (Phi) is 4.85. The minimum atomic E-state index is -0.0393. The molecule has 1 aliphatic heterocycles. The van der Waals surface area contributed by atoms with Crippen LogP contribution >= 0.6 is 0 Å². The lowest BCUT2D eigenvalue weighted by atomic mass is 9.92. The predicted octanol–water partition coefficient (Wildman–Crippen LogP) is 0.674. The van der Waals surface area contributed by atoms with Gasteiger partial charge < -0.3 is 15.7 Å². The summed E-state index contributed by atoms with van der Waals surface area (Å²) >= 11 is 0. The van der Waals surface area contributed by atoms with E-state index >= 15 is 0 Å². The molecule has 0 radical (unpaired) electrons. The van der Waals surface area contributed by atoms with E-state index in [1.807, 2.05) is 0 Å². The van der Waals surface area contributed by atoms with Gasteiger partial charge >= 0.3 is 0 Å². The zero-order chi connectivity index (χ0) is 10.6. The predicted molar refractivity (Wildman–Crippen MR) is 59.1 cm³/mol. The molecule has 0 aromatic heterocycles. The molecule has 1 fully saturated rings. The van der Waals surface area contributed by atoms with Gasteiger partial charge in [-0.2, -0.15) is 0 Å². The summed E-state index contributed by atoms with van der Waals surface area (Å²) in [5.74, 6) is 1.62. The summed E-state index contributed by atoms with van der Waals surface area (Å²) in [4.78, 5) is 2.48. The minimum Gasteiger partial charge on any atom is -0.395 e. The molecular weight excluding hydrogens is 176 g/mol. The van der Waals surface area contributed by atoms with Crippen LogP contribution in [0.5, 0.6) is 0 Å². The Bertz CT molecular complexity index is 153. The van der Waals surface area contributed by atoms with Gasteiger partial charge in [-0.3, -0.25) is 0 Å². The lowest BCUT2D eigenvalue weighted by Gasteiger charge is -2.35. The van der Waals surface area contributed by atoms with E-state index < -0.39 is 0 Å². The first-order valence-corrected chi connectivity index (χ1v) is 5.70. The highest BCUT2D eigenvalue weighted by Crippen LogP contribution is 2.20. The Labute approximate surface area is 87.3 Å². The summed E-state index contributed by atoms with van der Waals surface area (Å²) in [5.41, 5.74) is 5.68. The quantitative estimate of drug-likeness (QED) is 0.701. The third kappa shape index (κ3) is 3.95. The van der Waals surface area contributed by atoms with Crippen LogP contribution in [0, 0.1) is 11.8 Å². The van der Waals surface area contributed by atoms with Crippen molar-refractivity contribution in [1.29, 1.82) is 0 Å². The van der Waals surface area contributed by atoms with Crippen molar-refractivity contribution in [2.24, 2.45) is 17.6 Å². The van der Waals surface area contributed by atoms with E-state index in [1.54, 1.807) is 0 Å². The minimum absolute atomic E-state index is 0.0393. The van der Waals surface area contributed by atoms with Crippen LogP contribution in [-0.2, 0) is 0 Å². The second kappa shape index (κ2) is 5.69. The van der Waals surface area contributed by atoms with Gasteiger partial charge in [0.05, 0.1) is 6.61 Å². The van der Waals surface area contributed by atoms with Crippen LogP contribution in [0.15, 0.2) is 0 Å². The van der Waals surface area contributed by atoms with Gasteiger partial charge in [0.1, 0.15) is 0 Å². The van der Waals surface area contributed by atoms with E-state index in [-0.39, 0.29) is 12.6 Å². The van der Waals surface area contributed by atoms with E-state index in [2.05, 4.69) is 18.7 Å². The Morgan fingerprint density at radius 2 is 1.93 bits per heavy atom. The van der Waals surface area contributed by atoms with Gasteiger partial charge in [-0.15, -0.1) is 0 Å². The highest BCUT2D eigenvalue weighted by Gasteiger charge is 2.21. The number of nitrogens with zero attached hydrogens (tertiary/aromatic N) is 1.